The topological polar surface area (TPSA) is 136 Å². The number of carbonyl (C=O) groups excluding carboxylic acids is 1. The summed E-state index contributed by atoms with van der Waals surface area (Å²) < 4.78 is 43.4. The number of nitrogens with zero attached hydrogens (tertiary/aromatic N) is 2. The highest BCUT2D eigenvalue weighted by atomic mass is 32.2. The summed E-state index contributed by atoms with van der Waals surface area (Å²) in [5.74, 6) is -1.71. The van der Waals surface area contributed by atoms with Crippen molar-refractivity contribution in [3.8, 4) is 0 Å². The summed E-state index contributed by atoms with van der Waals surface area (Å²) in [6.45, 7) is 0. The predicted octanol–water partition coefficient (Wildman–Crippen LogP) is 2.29. The van der Waals surface area contributed by atoms with Gasteiger partial charge in [-0.1, -0.05) is 24.3 Å². The van der Waals surface area contributed by atoms with Gasteiger partial charge < -0.3 is 11.1 Å². The van der Waals surface area contributed by atoms with Gasteiger partial charge in [0.2, 0.25) is 10.0 Å². The first-order valence-electron chi connectivity index (χ1n) is 10.3. The lowest BCUT2D eigenvalue weighted by molar-refractivity contribution is 0.102. The summed E-state index contributed by atoms with van der Waals surface area (Å²) in [7, 11) is -3.93. The van der Waals surface area contributed by atoms with Crippen LogP contribution >= 0.6 is 0 Å². The highest BCUT2D eigenvalue weighted by Crippen LogP contribution is 2.30. The van der Waals surface area contributed by atoms with Crippen molar-refractivity contribution in [1.29, 1.82) is 0 Å². The molecule has 1 heterocycles. The molecule has 2 aromatic carbocycles. The Morgan fingerprint density at radius 1 is 1.12 bits per heavy atom. The molecule has 1 fully saturated rings. The Labute approximate surface area is 189 Å². The van der Waals surface area contributed by atoms with E-state index in [1.165, 1.54) is 24.3 Å². The summed E-state index contributed by atoms with van der Waals surface area (Å²) in [6, 6.07) is 13.7. The van der Waals surface area contributed by atoms with Crippen LogP contribution in [0.1, 0.15) is 35.7 Å². The second kappa shape index (κ2) is 9.12. The molecule has 0 bridgehead atoms. The molecule has 1 saturated carbocycles. The summed E-state index contributed by atoms with van der Waals surface area (Å²) in [5, 5.41) is 2.72. The molecule has 2 atom stereocenters. The van der Waals surface area contributed by atoms with E-state index in [1.54, 1.807) is 24.3 Å². The number of halogens is 1. The summed E-state index contributed by atoms with van der Waals surface area (Å²) in [6.07, 6.45) is 2.22. The van der Waals surface area contributed by atoms with Crippen molar-refractivity contribution in [2.45, 2.75) is 36.2 Å². The average Bonchev–Trinajstić information content (AvgIpc) is 3.24. The molecule has 11 heteroatoms. The Morgan fingerprint density at radius 2 is 1.88 bits per heavy atom. The van der Waals surface area contributed by atoms with E-state index in [0.717, 1.165) is 10.8 Å². The molecule has 0 spiro atoms. The number of rotatable bonds is 6. The fourth-order valence-corrected chi connectivity index (χ4v) is 5.18. The molecule has 2 unspecified atom stereocenters. The number of anilines is 2. The first-order chi connectivity index (χ1) is 15.7. The van der Waals surface area contributed by atoms with Crippen LogP contribution in [-0.2, 0) is 10.0 Å². The van der Waals surface area contributed by atoms with E-state index in [1.807, 2.05) is 6.07 Å². The molecule has 0 saturated heterocycles. The van der Waals surface area contributed by atoms with Crippen molar-refractivity contribution in [3.63, 3.8) is 0 Å². The highest BCUT2D eigenvalue weighted by molar-refractivity contribution is 7.89. The Bertz CT molecular complexity index is 1340. The number of nitrogens with one attached hydrogen (secondary N) is 2. The Hall–Kier alpha value is -3.57. The first-order valence-corrected chi connectivity index (χ1v) is 11.7. The molecule has 4 rings (SSSR count). The van der Waals surface area contributed by atoms with Crippen LogP contribution in [0.4, 0.5) is 15.9 Å². The largest absolute Gasteiger partial charge is 0.381 e. The van der Waals surface area contributed by atoms with Gasteiger partial charge in [-0.15, -0.1) is 0 Å². The number of hydrogen-bond acceptors (Lipinski definition) is 6. The van der Waals surface area contributed by atoms with Gasteiger partial charge in [-0.05, 0) is 49.6 Å². The van der Waals surface area contributed by atoms with Crippen molar-refractivity contribution in [3.05, 3.63) is 82.7 Å². The van der Waals surface area contributed by atoms with E-state index < -0.39 is 45.3 Å². The molecule has 33 heavy (non-hydrogen) atoms. The van der Waals surface area contributed by atoms with Crippen molar-refractivity contribution < 1.29 is 17.6 Å². The third kappa shape index (κ3) is 5.10. The fraction of sp³-hybridized carbons (Fsp3) is 0.227. The van der Waals surface area contributed by atoms with Crippen molar-refractivity contribution in [2.24, 2.45) is 0 Å². The molecule has 1 aromatic heterocycles. The average molecular weight is 472 g/mol. The Morgan fingerprint density at radius 3 is 2.64 bits per heavy atom. The Kier molecular flexibility index (Phi) is 6.25. The van der Waals surface area contributed by atoms with Crippen LogP contribution < -0.4 is 21.5 Å². The van der Waals surface area contributed by atoms with E-state index in [0.29, 0.717) is 24.9 Å². The van der Waals surface area contributed by atoms with E-state index in [4.69, 9.17) is 5.73 Å². The SMILES string of the molecule is Nc1nc(=O)n(C2CCC(NS(=O)(=O)c3cccc(C(=O)Nc4ccccc4)c3)C2)cc1F. The third-order valence-corrected chi connectivity index (χ3v) is 7.01. The van der Waals surface area contributed by atoms with Crippen LogP contribution in [0.2, 0.25) is 0 Å². The molecule has 3 aromatic rings. The summed E-state index contributed by atoms with van der Waals surface area (Å²) in [4.78, 5) is 28.0. The molecule has 1 aliphatic carbocycles. The number of hydrogen-bond donors (Lipinski definition) is 3. The number of nitrogens with two attached hydrogens (primary N) is 1. The fourth-order valence-electron chi connectivity index (χ4n) is 3.85. The quantitative estimate of drug-likeness (QED) is 0.505. The molecular weight excluding hydrogens is 449 g/mol. The lowest BCUT2D eigenvalue weighted by atomic mass is 10.2. The molecule has 0 aliphatic heterocycles. The molecule has 4 N–H and O–H groups in total. The number of sulfonamides is 1. The van der Waals surface area contributed by atoms with Gasteiger partial charge in [0.25, 0.3) is 5.91 Å². The second-order valence-electron chi connectivity index (χ2n) is 7.80. The van der Waals surface area contributed by atoms with Crippen molar-refractivity contribution in [2.75, 3.05) is 11.1 Å². The van der Waals surface area contributed by atoms with E-state index in [2.05, 4.69) is 15.0 Å². The standard InChI is InChI=1S/C22H22FN5O4S/c23-19-13-28(22(30)26-20(19)24)17-10-9-16(12-17)27-33(31,32)18-8-4-5-14(11-18)21(29)25-15-6-2-1-3-7-15/h1-8,11,13,16-17,27H,9-10,12H2,(H,25,29)(H2,24,26,30). The molecule has 9 nitrogen and oxygen atoms in total. The number of nitrogen functional groups attached to an aromatic ring is 1. The number of amides is 1. The van der Waals surface area contributed by atoms with Gasteiger partial charge in [0.1, 0.15) is 0 Å². The molecule has 0 radical (unpaired) electrons. The molecule has 172 valence electrons. The molecular formula is C22H22FN5O4S. The minimum absolute atomic E-state index is 0.0518. The minimum Gasteiger partial charge on any atom is -0.381 e. The lowest BCUT2D eigenvalue weighted by Crippen LogP contribution is -2.34. The van der Waals surface area contributed by atoms with Crippen molar-refractivity contribution >= 4 is 27.4 Å². The number of benzene rings is 2. The first kappa shape index (κ1) is 22.6. The van der Waals surface area contributed by atoms with Gasteiger partial charge in [0, 0.05) is 29.5 Å². The van der Waals surface area contributed by atoms with Gasteiger partial charge in [0.15, 0.2) is 11.6 Å². The van der Waals surface area contributed by atoms with Crippen LogP contribution in [0.5, 0.6) is 0 Å². The second-order valence-corrected chi connectivity index (χ2v) is 9.51. The number of para-hydroxylation sites is 1. The molecule has 1 aliphatic rings. The monoisotopic (exact) mass is 471 g/mol. The minimum atomic E-state index is -3.93. The molecule has 1 amide bonds. The van der Waals surface area contributed by atoms with Gasteiger partial charge in [-0.3, -0.25) is 9.36 Å². The highest BCUT2D eigenvalue weighted by Gasteiger charge is 2.31. The van der Waals surface area contributed by atoms with Crippen LogP contribution in [0.3, 0.4) is 0 Å². The van der Waals surface area contributed by atoms with Crippen LogP contribution in [0.25, 0.3) is 0 Å². The summed E-state index contributed by atoms with van der Waals surface area (Å²) >= 11 is 0. The van der Waals surface area contributed by atoms with Crippen LogP contribution in [0.15, 0.2) is 70.5 Å². The zero-order chi connectivity index (χ0) is 23.6. The summed E-state index contributed by atoms with van der Waals surface area (Å²) in [5.41, 5.74) is 5.43. The zero-order valence-corrected chi connectivity index (χ0v) is 18.3. The maximum Gasteiger partial charge on any atom is 0.349 e. The third-order valence-electron chi connectivity index (χ3n) is 5.49. The number of aromatic nitrogens is 2. The number of carbonyl (C=O) groups is 1. The lowest BCUT2D eigenvalue weighted by Gasteiger charge is -2.16. The van der Waals surface area contributed by atoms with E-state index >= 15 is 0 Å². The maximum absolute atomic E-state index is 13.8. The maximum atomic E-state index is 13.8. The zero-order valence-electron chi connectivity index (χ0n) is 17.4. The predicted molar refractivity (Wildman–Crippen MR) is 121 cm³/mol. The normalized spacial score (nSPS) is 18.2. The Balaban J connectivity index is 1.46. The van der Waals surface area contributed by atoms with Gasteiger partial charge >= 0.3 is 5.69 Å². The van der Waals surface area contributed by atoms with Crippen LogP contribution in [-0.4, -0.2) is 29.9 Å². The van der Waals surface area contributed by atoms with Gasteiger partial charge in [-0.25, -0.2) is 22.3 Å². The van der Waals surface area contributed by atoms with E-state index in [9.17, 15) is 22.4 Å². The van der Waals surface area contributed by atoms with E-state index in [-0.39, 0.29) is 10.5 Å². The smallest absolute Gasteiger partial charge is 0.349 e. The van der Waals surface area contributed by atoms with Gasteiger partial charge in [0.05, 0.1) is 4.90 Å². The van der Waals surface area contributed by atoms with Crippen LogP contribution in [0, 0.1) is 5.82 Å². The van der Waals surface area contributed by atoms with Gasteiger partial charge in [-0.2, -0.15) is 4.98 Å². The van der Waals surface area contributed by atoms with Crippen molar-refractivity contribution in [1.82, 2.24) is 14.3 Å².